The largest absolute Gasteiger partial charge is 0.467 e. The molecule has 5 heteroatoms. The molecule has 104 valence electrons. The number of benzene rings is 1. The van der Waals surface area contributed by atoms with Gasteiger partial charge in [-0.15, -0.1) is 0 Å². The summed E-state index contributed by atoms with van der Waals surface area (Å²) in [4.78, 5) is 23.6. The van der Waals surface area contributed by atoms with Gasteiger partial charge in [-0.25, -0.2) is 4.79 Å². The maximum atomic E-state index is 12.0. The van der Waals surface area contributed by atoms with Crippen LogP contribution in [0.15, 0.2) is 30.3 Å². The van der Waals surface area contributed by atoms with Crippen molar-refractivity contribution >= 4 is 11.9 Å². The van der Waals surface area contributed by atoms with Gasteiger partial charge in [-0.1, -0.05) is 44.2 Å². The van der Waals surface area contributed by atoms with Gasteiger partial charge in [0.15, 0.2) is 0 Å². The van der Waals surface area contributed by atoms with E-state index >= 15 is 0 Å². The monoisotopic (exact) mass is 264 g/mol. The standard InChI is InChI=1S/C14H20N2O3/c1-9(2)12(14(18)19-3)16-13(17)11(15)10-7-5-4-6-8-10/h4-9,11-12H,15H2,1-3H3,(H,16,17)/t11-,12+/m1/s1. The molecule has 0 spiro atoms. The minimum Gasteiger partial charge on any atom is -0.467 e. The number of rotatable bonds is 5. The van der Waals surface area contributed by atoms with Gasteiger partial charge in [-0.3, -0.25) is 4.79 Å². The molecule has 0 aromatic heterocycles. The van der Waals surface area contributed by atoms with Crippen molar-refractivity contribution in [3.05, 3.63) is 35.9 Å². The van der Waals surface area contributed by atoms with Gasteiger partial charge < -0.3 is 15.8 Å². The van der Waals surface area contributed by atoms with Crippen LogP contribution in [-0.2, 0) is 14.3 Å². The first-order valence-electron chi connectivity index (χ1n) is 6.16. The van der Waals surface area contributed by atoms with E-state index in [2.05, 4.69) is 10.1 Å². The van der Waals surface area contributed by atoms with Crippen molar-refractivity contribution in [3.63, 3.8) is 0 Å². The molecule has 1 aromatic rings. The molecular weight excluding hydrogens is 244 g/mol. The number of amides is 1. The van der Waals surface area contributed by atoms with Crippen molar-refractivity contribution in [2.45, 2.75) is 25.9 Å². The van der Waals surface area contributed by atoms with Gasteiger partial charge in [0.1, 0.15) is 12.1 Å². The molecule has 0 aliphatic heterocycles. The summed E-state index contributed by atoms with van der Waals surface area (Å²) in [6.07, 6.45) is 0. The first-order valence-corrected chi connectivity index (χ1v) is 6.16. The third-order valence-electron chi connectivity index (χ3n) is 2.86. The Bertz CT molecular complexity index is 432. The maximum Gasteiger partial charge on any atom is 0.328 e. The first-order chi connectivity index (χ1) is 8.97. The molecule has 1 rings (SSSR count). The lowest BCUT2D eigenvalue weighted by atomic mass is 10.0. The van der Waals surface area contributed by atoms with Gasteiger partial charge >= 0.3 is 5.97 Å². The number of ether oxygens (including phenoxy) is 1. The van der Waals surface area contributed by atoms with Crippen LogP contribution in [0.5, 0.6) is 0 Å². The topological polar surface area (TPSA) is 81.4 Å². The molecule has 0 unspecified atom stereocenters. The highest BCUT2D eigenvalue weighted by molar-refractivity contribution is 5.88. The lowest BCUT2D eigenvalue weighted by Crippen LogP contribution is -2.48. The van der Waals surface area contributed by atoms with Crippen molar-refractivity contribution in [2.75, 3.05) is 7.11 Å². The van der Waals surface area contributed by atoms with Crippen LogP contribution in [0.3, 0.4) is 0 Å². The zero-order valence-electron chi connectivity index (χ0n) is 11.4. The second-order valence-corrected chi connectivity index (χ2v) is 4.64. The predicted octanol–water partition coefficient (Wildman–Crippen LogP) is 1.00. The van der Waals surface area contributed by atoms with Crippen LogP contribution in [0, 0.1) is 5.92 Å². The second kappa shape index (κ2) is 6.89. The number of methoxy groups -OCH3 is 1. The summed E-state index contributed by atoms with van der Waals surface area (Å²) in [5.41, 5.74) is 6.57. The van der Waals surface area contributed by atoms with Crippen molar-refractivity contribution in [1.29, 1.82) is 0 Å². The normalized spacial score (nSPS) is 13.7. The zero-order valence-corrected chi connectivity index (χ0v) is 11.4. The summed E-state index contributed by atoms with van der Waals surface area (Å²) in [6, 6.07) is 7.52. The average Bonchev–Trinajstić information content (AvgIpc) is 2.43. The molecule has 19 heavy (non-hydrogen) atoms. The number of nitrogens with one attached hydrogen (secondary N) is 1. The number of carbonyl (C=O) groups is 2. The van der Waals surface area contributed by atoms with E-state index in [1.54, 1.807) is 12.1 Å². The zero-order chi connectivity index (χ0) is 14.4. The van der Waals surface area contributed by atoms with Gasteiger partial charge in [0, 0.05) is 0 Å². The Hall–Kier alpha value is -1.88. The highest BCUT2D eigenvalue weighted by Gasteiger charge is 2.27. The Morgan fingerprint density at radius 2 is 1.79 bits per heavy atom. The SMILES string of the molecule is COC(=O)[C@@H](NC(=O)[C@H](N)c1ccccc1)C(C)C. The summed E-state index contributed by atoms with van der Waals surface area (Å²) >= 11 is 0. The molecule has 0 saturated heterocycles. The van der Waals surface area contributed by atoms with Crippen molar-refractivity contribution in [2.24, 2.45) is 11.7 Å². The Balaban J connectivity index is 2.75. The molecule has 3 N–H and O–H groups in total. The van der Waals surface area contributed by atoms with Crippen LogP contribution >= 0.6 is 0 Å². The summed E-state index contributed by atoms with van der Waals surface area (Å²) in [7, 11) is 1.29. The van der Waals surface area contributed by atoms with Crippen LogP contribution in [0.25, 0.3) is 0 Å². The predicted molar refractivity (Wildman–Crippen MR) is 72.2 cm³/mol. The van der Waals surface area contributed by atoms with Gasteiger partial charge in [-0.2, -0.15) is 0 Å². The van der Waals surface area contributed by atoms with Crippen LogP contribution in [0.2, 0.25) is 0 Å². The van der Waals surface area contributed by atoms with Crippen LogP contribution in [0.4, 0.5) is 0 Å². The van der Waals surface area contributed by atoms with E-state index in [0.29, 0.717) is 5.56 Å². The third-order valence-corrected chi connectivity index (χ3v) is 2.86. The van der Waals surface area contributed by atoms with Gasteiger partial charge in [0.2, 0.25) is 5.91 Å². The van der Waals surface area contributed by atoms with E-state index < -0.39 is 24.0 Å². The Morgan fingerprint density at radius 1 is 1.21 bits per heavy atom. The smallest absolute Gasteiger partial charge is 0.328 e. The van der Waals surface area contributed by atoms with E-state index in [4.69, 9.17) is 5.73 Å². The fourth-order valence-corrected chi connectivity index (χ4v) is 1.68. The minimum absolute atomic E-state index is 0.0700. The van der Waals surface area contributed by atoms with Crippen molar-refractivity contribution in [1.82, 2.24) is 5.32 Å². The molecule has 0 bridgehead atoms. The Morgan fingerprint density at radius 3 is 2.26 bits per heavy atom. The first kappa shape index (κ1) is 15.2. The van der Waals surface area contributed by atoms with E-state index in [0.717, 1.165) is 0 Å². The van der Waals surface area contributed by atoms with Gasteiger partial charge in [-0.05, 0) is 11.5 Å². The quantitative estimate of drug-likeness (QED) is 0.777. The number of carbonyl (C=O) groups excluding carboxylic acids is 2. The second-order valence-electron chi connectivity index (χ2n) is 4.64. The van der Waals surface area contributed by atoms with Crippen molar-refractivity contribution in [3.8, 4) is 0 Å². The number of esters is 1. The van der Waals surface area contributed by atoms with E-state index in [-0.39, 0.29) is 5.92 Å². The highest BCUT2D eigenvalue weighted by Crippen LogP contribution is 2.11. The molecule has 0 aliphatic carbocycles. The van der Waals surface area contributed by atoms with E-state index in [1.165, 1.54) is 7.11 Å². The molecule has 2 atom stereocenters. The molecule has 1 aromatic carbocycles. The lowest BCUT2D eigenvalue weighted by molar-refractivity contribution is -0.146. The van der Waals surface area contributed by atoms with Crippen LogP contribution < -0.4 is 11.1 Å². The molecular formula is C14H20N2O3. The summed E-state index contributed by atoms with van der Waals surface area (Å²) in [5, 5.41) is 2.63. The minimum atomic E-state index is -0.799. The Kier molecular flexibility index (Phi) is 5.51. The number of hydrogen-bond acceptors (Lipinski definition) is 4. The molecule has 0 saturated carbocycles. The summed E-state index contributed by atoms with van der Waals surface area (Å²) in [5.74, 6) is -0.932. The van der Waals surface area contributed by atoms with Crippen LogP contribution in [-0.4, -0.2) is 25.0 Å². The van der Waals surface area contributed by atoms with Gasteiger partial charge in [0.05, 0.1) is 7.11 Å². The average molecular weight is 264 g/mol. The molecule has 0 fully saturated rings. The van der Waals surface area contributed by atoms with E-state index in [9.17, 15) is 9.59 Å². The van der Waals surface area contributed by atoms with Gasteiger partial charge in [0.25, 0.3) is 0 Å². The maximum absolute atomic E-state index is 12.0. The van der Waals surface area contributed by atoms with Crippen molar-refractivity contribution < 1.29 is 14.3 Å². The fraction of sp³-hybridized carbons (Fsp3) is 0.429. The third kappa shape index (κ3) is 4.06. The lowest BCUT2D eigenvalue weighted by Gasteiger charge is -2.22. The number of nitrogens with two attached hydrogens (primary N) is 1. The summed E-state index contributed by atoms with van der Waals surface area (Å²) in [6.45, 7) is 3.66. The Labute approximate surface area is 113 Å². The summed E-state index contributed by atoms with van der Waals surface area (Å²) < 4.78 is 4.67. The molecule has 0 radical (unpaired) electrons. The fourth-order valence-electron chi connectivity index (χ4n) is 1.68. The molecule has 0 heterocycles. The number of hydrogen-bond donors (Lipinski definition) is 2. The highest BCUT2D eigenvalue weighted by atomic mass is 16.5. The molecule has 0 aliphatic rings. The molecule has 5 nitrogen and oxygen atoms in total. The molecule has 1 amide bonds. The van der Waals surface area contributed by atoms with Crippen LogP contribution in [0.1, 0.15) is 25.5 Å². The van der Waals surface area contributed by atoms with E-state index in [1.807, 2.05) is 32.0 Å².